The molecule has 2 heterocycles. The standard InChI is InChI=1S/C22H36N2O3Si/c1-15-8-10-16(11-9-15)23-19-18-14-17(27-28(6,7)22(2,3)4)12-13-24(18)21(25)20(19)26-5/h8-11,17-20,23H,12-14H2,1-7H3/t17-,18+,19+,20-/m1/s1. The molecule has 5 nitrogen and oxygen atoms in total. The molecule has 3 rings (SSSR count). The molecule has 156 valence electrons. The molecular weight excluding hydrogens is 368 g/mol. The molecule has 0 bridgehead atoms. The number of aryl methyl sites for hydroxylation is 1. The first-order valence-electron chi connectivity index (χ1n) is 10.4. The Hall–Kier alpha value is -1.37. The second kappa shape index (κ2) is 7.80. The van der Waals surface area contributed by atoms with Crippen LogP contribution in [0.5, 0.6) is 0 Å². The Morgan fingerprint density at radius 1 is 1.18 bits per heavy atom. The van der Waals surface area contributed by atoms with Crippen molar-refractivity contribution < 1.29 is 14.0 Å². The van der Waals surface area contributed by atoms with Crippen LogP contribution in [0.25, 0.3) is 0 Å². The molecule has 1 aromatic rings. The summed E-state index contributed by atoms with van der Waals surface area (Å²) in [5.74, 6) is 0.0999. The molecule has 2 fully saturated rings. The van der Waals surface area contributed by atoms with Gasteiger partial charge in [-0.15, -0.1) is 0 Å². The fourth-order valence-corrected chi connectivity index (χ4v) is 5.46. The average Bonchev–Trinajstić information content (AvgIpc) is 2.86. The highest BCUT2D eigenvalue weighted by atomic mass is 28.4. The van der Waals surface area contributed by atoms with Gasteiger partial charge in [-0.3, -0.25) is 4.79 Å². The smallest absolute Gasteiger partial charge is 0.254 e. The molecule has 0 unspecified atom stereocenters. The first-order valence-corrected chi connectivity index (χ1v) is 13.3. The van der Waals surface area contributed by atoms with E-state index < -0.39 is 14.4 Å². The summed E-state index contributed by atoms with van der Waals surface area (Å²) in [4.78, 5) is 14.9. The lowest BCUT2D eigenvalue weighted by molar-refractivity contribution is -0.138. The Morgan fingerprint density at radius 2 is 1.82 bits per heavy atom. The number of fused-ring (bicyclic) bond motifs is 1. The summed E-state index contributed by atoms with van der Waals surface area (Å²) in [5.41, 5.74) is 2.25. The van der Waals surface area contributed by atoms with E-state index in [1.165, 1.54) is 5.56 Å². The first kappa shape index (κ1) is 21.3. The van der Waals surface area contributed by atoms with Gasteiger partial charge < -0.3 is 19.4 Å². The highest BCUT2D eigenvalue weighted by Crippen LogP contribution is 2.40. The van der Waals surface area contributed by atoms with E-state index in [2.05, 4.69) is 70.4 Å². The molecule has 4 atom stereocenters. The normalized spacial score (nSPS) is 28.4. The fraction of sp³-hybridized carbons (Fsp3) is 0.682. The lowest BCUT2D eigenvalue weighted by atomic mass is 9.95. The molecule has 1 aromatic carbocycles. The maximum Gasteiger partial charge on any atom is 0.254 e. The zero-order valence-electron chi connectivity index (χ0n) is 18.4. The monoisotopic (exact) mass is 404 g/mol. The third-order valence-corrected chi connectivity index (χ3v) is 11.3. The number of methoxy groups -OCH3 is 1. The number of anilines is 1. The van der Waals surface area contributed by atoms with Crippen LogP contribution in [0, 0.1) is 6.92 Å². The van der Waals surface area contributed by atoms with Gasteiger partial charge in [-0.2, -0.15) is 0 Å². The number of rotatable bonds is 5. The zero-order valence-corrected chi connectivity index (χ0v) is 19.4. The molecule has 1 N–H and O–H groups in total. The van der Waals surface area contributed by atoms with Gasteiger partial charge in [0, 0.05) is 25.4 Å². The largest absolute Gasteiger partial charge is 0.414 e. The minimum absolute atomic E-state index is 0.0639. The van der Waals surface area contributed by atoms with Crippen molar-refractivity contribution in [1.82, 2.24) is 4.90 Å². The van der Waals surface area contributed by atoms with Crippen LogP contribution in [0.2, 0.25) is 18.1 Å². The van der Waals surface area contributed by atoms with Gasteiger partial charge >= 0.3 is 0 Å². The van der Waals surface area contributed by atoms with E-state index >= 15 is 0 Å². The van der Waals surface area contributed by atoms with Gasteiger partial charge in [-0.25, -0.2) is 0 Å². The maximum atomic E-state index is 12.9. The van der Waals surface area contributed by atoms with Crippen LogP contribution in [0.3, 0.4) is 0 Å². The van der Waals surface area contributed by atoms with E-state index in [9.17, 15) is 4.79 Å². The van der Waals surface area contributed by atoms with Gasteiger partial charge in [-0.05, 0) is 50.0 Å². The highest BCUT2D eigenvalue weighted by Gasteiger charge is 2.52. The summed E-state index contributed by atoms with van der Waals surface area (Å²) >= 11 is 0. The number of benzene rings is 1. The van der Waals surface area contributed by atoms with Gasteiger partial charge in [0.05, 0.1) is 12.1 Å². The van der Waals surface area contributed by atoms with Crippen LogP contribution in [0.4, 0.5) is 5.69 Å². The summed E-state index contributed by atoms with van der Waals surface area (Å²) in [6.45, 7) is 14.3. The quantitative estimate of drug-likeness (QED) is 0.748. The first-order chi connectivity index (χ1) is 13.0. The molecule has 0 radical (unpaired) electrons. The molecule has 2 aliphatic rings. The van der Waals surface area contributed by atoms with Crippen LogP contribution in [-0.4, -0.2) is 57.1 Å². The molecule has 0 saturated carbocycles. The minimum Gasteiger partial charge on any atom is -0.414 e. The lowest BCUT2D eigenvalue weighted by Gasteiger charge is -2.43. The topological polar surface area (TPSA) is 50.8 Å². The number of piperidine rings is 1. The van der Waals surface area contributed by atoms with Crippen molar-refractivity contribution in [2.75, 3.05) is 19.0 Å². The van der Waals surface area contributed by atoms with Crippen LogP contribution >= 0.6 is 0 Å². The van der Waals surface area contributed by atoms with Crippen molar-refractivity contribution in [2.45, 2.75) is 83.0 Å². The van der Waals surface area contributed by atoms with Crippen LogP contribution in [-0.2, 0) is 14.0 Å². The molecule has 1 amide bonds. The lowest BCUT2D eigenvalue weighted by Crippen LogP contribution is -2.52. The number of hydrogen-bond acceptors (Lipinski definition) is 4. The number of carbonyl (C=O) groups excluding carboxylic acids is 1. The highest BCUT2D eigenvalue weighted by molar-refractivity contribution is 6.74. The number of nitrogens with zero attached hydrogens (tertiary/aromatic N) is 1. The second-order valence-electron chi connectivity index (χ2n) is 9.82. The number of amides is 1. The third kappa shape index (κ3) is 4.14. The molecule has 0 spiro atoms. The maximum absolute atomic E-state index is 12.9. The second-order valence-corrected chi connectivity index (χ2v) is 14.6. The summed E-state index contributed by atoms with van der Waals surface area (Å²) in [7, 11) is -0.203. The van der Waals surface area contributed by atoms with Crippen molar-refractivity contribution >= 4 is 19.9 Å². The van der Waals surface area contributed by atoms with Crippen molar-refractivity contribution in [3.05, 3.63) is 29.8 Å². The van der Waals surface area contributed by atoms with Crippen molar-refractivity contribution in [3.8, 4) is 0 Å². The number of nitrogens with one attached hydrogen (secondary N) is 1. The Morgan fingerprint density at radius 3 is 2.39 bits per heavy atom. The van der Waals surface area contributed by atoms with E-state index in [0.717, 1.165) is 25.1 Å². The van der Waals surface area contributed by atoms with Gasteiger partial charge in [0.25, 0.3) is 5.91 Å². The van der Waals surface area contributed by atoms with Crippen LogP contribution < -0.4 is 5.32 Å². The summed E-state index contributed by atoms with van der Waals surface area (Å²) in [6.07, 6.45) is 1.52. The number of hydrogen-bond donors (Lipinski definition) is 1. The van der Waals surface area contributed by atoms with Crippen LogP contribution in [0.1, 0.15) is 39.2 Å². The van der Waals surface area contributed by atoms with Crippen molar-refractivity contribution in [3.63, 3.8) is 0 Å². The Bertz CT molecular complexity index is 699. The minimum atomic E-state index is -1.84. The zero-order chi connectivity index (χ0) is 20.7. The number of carbonyl (C=O) groups is 1. The Labute approximate surface area is 170 Å². The molecule has 28 heavy (non-hydrogen) atoms. The van der Waals surface area contributed by atoms with Gasteiger partial charge in [0.1, 0.15) is 0 Å². The van der Waals surface area contributed by atoms with Crippen molar-refractivity contribution in [1.29, 1.82) is 0 Å². The van der Waals surface area contributed by atoms with Gasteiger partial charge in [0.2, 0.25) is 0 Å². The molecule has 2 aliphatic heterocycles. The fourth-order valence-electron chi connectivity index (χ4n) is 4.06. The third-order valence-electron chi connectivity index (χ3n) is 6.77. The van der Waals surface area contributed by atoms with Gasteiger partial charge in [-0.1, -0.05) is 38.5 Å². The molecule has 0 aromatic heterocycles. The number of ether oxygens (including phenoxy) is 1. The summed E-state index contributed by atoms with van der Waals surface area (Å²) in [6, 6.07) is 8.35. The Balaban J connectivity index is 1.78. The SMILES string of the molecule is CO[C@H]1C(=O)N2CC[C@@H](O[Si](C)(C)C(C)(C)C)C[C@H]2[C@@H]1Nc1ccc(C)cc1. The molecule has 2 saturated heterocycles. The predicted octanol–water partition coefficient (Wildman–Crippen LogP) is 4.19. The predicted molar refractivity (Wildman–Crippen MR) is 116 cm³/mol. The van der Waals surface area contributed by atoms with E-state index in [-0.39, 0.29) is 29.1 Å². The average molecular weight is 405 g/mol. The molecular formula is C22H36N2O3Si. The van der Waals surface area contributed by atoms with E-state index in [4.69, 9.17) is 9.16 Å². The van der Waals surface area contributed by atoms with E-state index in [0.29, 0.717) is 0 Å². The van der Waals surface area contributed by atoms with E-state index in [1.54, 1.807) is 7.11 Å². The van der Waals surface area contributed by atoms with Crippen molar-refractivity contribution in [2.24, 2.45) is 0 Å². The molecule has 6 heteroatoms. The van der Waals surface area contributed by atoms with Crippen LogP contribution in [0.15, 0.2) is 24.3 Å². The van der Waals surface area contributed by atoms with E-state index in [1.807, 2.05) is 4.90 Å². The Kier molecular flexibility index (Phi) is 5.95. The molecule has 0 aliphatic carbocycles. The van der Waals surface area contributed by atoms with Gasteiger partial charge in [0.15, 0.2) is 14.4 Å². The summed E-state index contributed by atoms with van der Waals surface area (Å²) < 4.78 is 12.3. The summed E-state index contributed by atoms with van der Waals surface area (Å²) in [5, 5.41) is 3.77.